The third kappa shape index (κ3) is 5.70. The number of rotatable bonds is 7. The van der Waals surface area contributed by atoms with Crippen LogP contribution in [0.2, 0.25) is 0 Å². The molecule has 0 aliphatic carbocycles. The number of hydrazone groups is 1. The molecule has 2 aliphatic heterocycles. The van der Waals surface area contributed by atoms with E-state index in [0.717, 1.165) is 11.3 Å². The van der Waals surface area contributed by atoms with E-state index in [1.165, 1.54) is 4.90 Å². The van der Waals surface area contributed by atoms with Crippen LogP contribution in [0, 0.1) is 5.92 Å². The fourth-order valence-electron chi connectivity index (χ4n) is 4.61. The maximum absolute atomic E-state index is 13.3. The van der Waals surface area contributed by atoms with Crippen molar-refractivity contribution in [2.75, 3.05) is 38.3 Å². The molecule has 0 radical (unpaired) electrons. The van der Waals surface area contributed by atoms with E-state index in [1.807, 2.05) is 65.7 Å². The van der Waals surface area contributed by atoms with Gasteiger partial charge in [-0.25, -0.2) is 0 Å². The molecule has 184 valence electrons. The Bertz CT molecular complexity index is 1070. The van der Waals surface area contributed by atoms with Gasteiger partial charge in [-0.3, -0.25) is 19.4 Å². The van der Waals surface area contributed by atoms with Crippen LogP contribution in [0.15, 0.2) is 65.8 Å². The number of para-hydroxylation sites is 1. The van der Waals surface area contributed by atoms with Crippen molar-refractivity contribution in [3.63, 3.8) is 0 Å². The first-order valence-corrected chi connectivity index (χ1v) is 12.1. The van der Waals surface area contributed by atoms with Crippen LogP contribution in [-0.4, -0.2) is 66.6 Å². The molecule has 2 heterocycles. The molecule has 2 amide bonds. The number of piperidine rings is 1. The lowest BCUT2D eigenvalue weighted by Crippen LogP contribution is -2.46. The van der Waals surface area contributed by atoms with Crippen LogP contribution >= 0.6 is 0 Å². The lowest BCUT2D eigenvalue weighted by molar-refractivity contribution is -0.151. The number of carbonyl (C=O) groups excluding carboxylic acids is 3. The van der Waals surface area contributed by atoms with Crippen molar-refractivity contribution < 1.29 is 19.1 Å². The van der Waals surface area contributed by atoms with E-state index in [1.54, 1.807) is 18.9 Å². The molecule has 1 unspecified atom stereocenters. The van der Waals surface area contributed by atoms with Crippen molar-refractivity contribution in [2.45, 2.75) is 32.2 Å². The van der Waals surface area contributed by atoms with Gasteiger partial charge in [0.25, 0.3) is 5.91 Å². The molecule has 2 aromatic rings. The van der Waals surface area contributed by atoms with Gasteiger partial charge in [0.1, 0.15) is 5.71 Å². The minimum Gasteiger partial charge on any atom is -0.466 e. The zero-order valence-electron chi connectivity index (χ0n) is 20.3. The predicted molar refractivity (Wildman–Crippen MR) is 134 cm³/mol. The Morgan fingerprint density at radius 2 is 1.63 bits per heavy atom. The summed E-state index contributed by atoms with van der Waals surface area (Å²) >= 11 is 0. The van der Waals surface area contributed by atoms with Crippen molar-refractivity contribution >= 4 is 29.2 Å². The molecule has 4 rings (SSSR count). The molecular weight excluding hydrogens is 444 g/mol. The standard InChI is InChI=1S/C27H32N4O4/c1-3-35-27(34)21-14-16-30(17-15-21)25(32)19-29(2)26(33)23-18-24(20-10-6-4-7-11-20)31(28-23)22-12-8-5-9-13-22/h4-13,21,24H,3,14-19H2,1-2H3. The topological polar surface area (TPSA) is 82.5 Å². The molecule has 0 bridgehead atoms. The Morgan fingerprint density at radius 1 is 1.00 bits per heavy atom. The van der Waals surface area contributed by atoms with E-state index in [-0.39, 0.29) is 36.3 Å². The summed E-state index contributed by atoms with van der Waals surface area (Å²) in [7, 11) is 1.64. The fourth-order valence-corrected chi connectivity index (χ4v) is 4.61. The maximum atomic E-state index is 13.3. The lowest BCUT2D eigenvalue weighted by Gasteiger charge is -2.32. The number of carbonyl (C=O) groups is 3. The molecule has 2 aliphatic rings. The van der Waals surface area contributed by atoms with E-state index in [4.69, 9.17) is 4.74 Å². The molecule has 0 aromatic heterocycles. The second-order valence-corrected chi connectivity index (χ2v) is 8.93. The fraction of sp³-hybridized carbons (Fsp3) is 0.407. The Balaban J connectivity index is 1.40. The van der Waals surface area contributed by atoms with Crippen molar-refractivity contribution in [3.05, 3.63) is 66.2 Å². The van der Waals surface area contributed by atoms with Gasteiger partial charge in [-0.2, -0.15) is 5.10 Å². The van der Waals surface area contributed by atoms with Gasteiger partial charge in [-0.05, 0) is 37.5 Å². The normalized spacial score (nSPS) is 18.2. The summed E-state index contributed by atoms with van der Waals surface area (Å²) in [5.41, 5.74) is 2.41. The van der Waals surface area contributed by atoms with Crippen LogP contribution in [0.1, 0.15) is 37.8 Å². The average Bonchev–Trinajstić information content (AvgIpc) is 3.35. The molecule has 1 atom stereocenters. The molecule has 8 nitrogen and oxygen atoms in total. The largest absolute Gasteiger partial charge is 0.466 e. The molecule has 35 heavy (non-hydrogen) atoms. The summed E-state index contributed by atoms with van der Waals surface area (Å²) in [4.78, 5) is 41.2. The number of esters is 1. The van der Waals surface area contributed by atoms with E-state index in [0.29, 0.717) is 44.7 Å². The lowest BCUT2D eigenvalue weighted by atomic mass is 9.97. The first kappa shape index (κ1) is 24.4. The van der Waals surface area contributed by atoms with Gasteiger partial charge in [0, 0.05) is 26.6 Å². The number of benzene rings is 2. The third-order valence-electron chi connectivity index (χ3n) is 6.55. The summed E-state index contributed by atoms with van der Waals surface area (Å²) in [5, 5.41) is 6.57. The Hall–Kier alpha value is -3.68. The highest BCUT2D eigenvalue weighted by Gasteiger charge is 2.35. The average molecular weight is 477 g/mol. The molecular formula is C27H32N4O4. The van der Waals surface area contributed by atoms with Gasteiger partial charge in [-0.15, -0.1) is 0 Å². The molecule has 2 aromatic carbocycles. The number of likely N-dealkylation sites (N-methyl/N-ethyl adjacent to an activating group) is 1. The van der Waals surface area contributed by atoms with Gasteiger partial charge in [0.05, 0.1) is 30.8 Å². The van der Waals surface area contributed by atoms with Crippen molar-refractivity contribution in [1.82, 2.24) is 9.80 Å². The maximum Gasteiger partial charge on any atom is 0.309 e. The van der Waals surface area contributed by atoms with Crippen LogP contribution in [0.4, 0.5) is 5.69 Å². The highest BCUT2D eigenvalue weighted by Crippen LogP contribution is 2.35. The molecule has 1 fully saturated rings. The van der Waals surface area contributed by atoms with Gasteiger partial charge in [0.15, 0.2) is 0 Å². The van der Waals surface area contributed by atoms with Gasteiger partial charge >= 0.3 is 5.97 Å². The number of likely N-dealkylation sites (tertiary alicyclic amines) is 1. The summed E-state index contributed by atoms with van der Waals surface area (Å²) in [6.45, 7) is 3.11. The van der Waals surface area contributed by atoms with Gasteiger partial charge < -0.3 is 14.5 Å². The molecule has 0 N–H and O–H groups in total. The van der Waals surface area contributed by atoms with Crippen LogP contribution in [0.3, 0.4) is 0 Å². The Morgan fingerprint density at radius 3 is 2.26 bits per heavy atom. The van der Waals surface area contributed by atoms with Gasteiger partial charge in [-0.1, -0.05) is 48.5 Å². The smallest absolute Gasteiger partial charge is 0.309 e. The van der Waals surface area contributed by atoms with Crippen LogP contribution in [0.5, 0.6) is 0 Å². The van der Waals surface area contributed by atoms with Crippen LogP contribution < -0.4 is 5.01 Å². The number of amides is 2. The second-order valence-electron chi connectivity index (χ2n) is 8.93. The Kier molecular flexibility index (Phi) is 7.80. The van der Waals surface area contributed by atoms with E-state index < -0.39 is 0 Å². The van der Waals surface area contributed by atoms with Crippen LogP contribution in [-0.2, 0) is 19.1 Å². The predicted octanol–water partition coefficient (Wildman–Crippen LogP) is 3.25. The first-order valence-electron chi connectivity index (χ1n) is 12.1. The monoisotopic (exact) mass is 476 g/mol. The van der Waals surface area contributed by atoms with E-state index in [2.05, 4.69) is 5.10 Å². The zero-order chi connectivity index (χ0) is 24.8. The van der Waals surface area contributed by atoms with Gasteiger partial charge in [0.2, 0.25) is 5.91 Å². The van der Waals surface area contributed by atoms with E-state index in [9.17, 15) is 14.4 Å². The molecule has 8 heteroatoms. The highest BCUT2D eigenvalue weighted by atomic mass is 16.5. The number of anilines is 1. The minimum atomic E-state index is -0.251. The highest BCUT2D eigenvalue weighted by molar-refractivity contribution is 6.39. The number of nitrogens with zero attached hydrogens (tertiary/aromatic N) is 4. The van der Waals surface area contributed by atoms with Crippen LogP contribution in [0.25, 0.3) is 0 Å². The second kappa shape index (κ2) is 11.2. The molecule has 0 saturated carbocycles. The summed E-state index contributed by atoms with van der Waals surface area (Å²) in [6, 6.07) is 19.7. The van der Waals surface area contributed by atoms with Crippen molar-refractivity contribution in [1.29, 1.82) is 0 Å². The van der Waals surface area contributed by atoms with E-state index >= 15 is 0 Å². The quantitative estimate of drug-likeness (QED) is 0.573. The Labute approximate surface area is 206 Å². The third-order valence-corrected chi connectivity index (χ3v) is 6.55. The SMILES string of the molecule is CCOC(=O)C1CCN(C(=O)CN(C)C(=O)C2=NN(c3ccccc3)C(c3ccccc3)C2)CC1. The summed E-state index contributed by atoms with van der Waals surface area (Å²) in [5.74, 6) is -0.729. The first-order chi connectivity index (χ1) is 17.0. The number of ether oxygens (including phenoxy) is 1. The molecule has 0 spiro atoms. The number of hydrogen-bond acceptors (Lipinski definition) is 6. The van der Waals surface area contributed by atoms with Crippen molar-refractivity contribution in [3.8, 4) is 0 Å². The molecule has 1 saturated heterocycles. The number of hydrogen-bond donors (Lipinski definition) is 0. The minimum absolute atomic E-state index is 0.0245. The van der Waals surface area contributed by atoms with Crippen molar-refractivity contribution in [2.24, 2.45) is 11.0 Å². The summed E-state index contributed by atoms with van der Waals surface area (Å²) < 4.78 is 5.10. The summed E-state index contributed by atoms with van der Waals surface area (Å²) in [6.07, 6.45) is 1.63. The zero-order valence-corrected chi connectivity index (χ0v) is 20.3.